The van der Waals surface area contributed by atoms with Crippen molar-refractivity contribution in [3.8, 4) is 33.4 Å². The average Bonchev–Trinajstić information content (AvgIpc) is 3.12. The largest absolute Gasteiger partial charge is 0.312 e. The van der Waals surface area contributed by atoms with E-state index in [1.165, 1.54) is 50.2 Å². The number of fused-ring (bicyclic) bond motifs is 1. The summed E-state index contributed by atoms with van der Waals surface area (Å²) in [6, 6.07) is 47.7. The molecule has 0 spiro atoms. The zero-order chi connectivity index (χ0) is 32.7. The normalized spacial score (nSPS) is 11.1. The van der Waals surface area contributed by atoms with Gasteiger partial charge in [0, 0.05) is 22.6 Å². The number of hydrogen-bond donors (Lipinski definition) is 0. The van der Waals surface area contributed by atoms with Crippen LogP contribution in [0.4, 0.5) is 21.5 Å². The average molecular weight is 601 g/mol. The van der Waals surface area contributed by atoms with Gasteiger partial charge in [0.25, 0.3) is 0 Å². The van der Waals surface area contributed by atoms with Crippen LogP contribution in [-0.4, -0.2) is 39.2 Å². The summed E-state index contributed by atoms with van der Waals surface area (Å²) in [6.45, 7) is 0. The van der Waals surface area contributed by atoms with Gasteiger partial charge in [0.15, 0.2) is 0 Å². The van der Waals surface area contributed by atoms with E-state index in [0.29, 0.717) is 5.56 Å². The third-order valence-electron chi connectivity index (χ3n) is 9.92. The Morgan fingerprint density at radius 3 is 1.45 bits per heavy atom. The molecule has 7 rings (SSSR count). The third-order valence-corrected chi connectivity index (χ3v) is 9.92. The van der Waals surface area contributed by atoms with E-state index in [1.807, 2.05) is 24.3 Å². The lowest BCUT2D eigenvalue weighted by atomic mass is 9.61. The van der Waals surface area contributed by atoms with E-state index in [0.717, 1.165) is 38.8 Å². The van der Waals surface area contributed by atoms with Gasteiger partial charge in [-0.05, 0) is 68.9 Å². The quantitative estimate of drug-likeness (QED) is 0.266. The van der Waals surface area contributed by atoms with Crippen molar-refractivity contribution in [2.24, 2.45) is 0 Å². The monoisotopic (exact) mass is 601 g/mol. The fourth-order valence-corrected chi connectivity index (χ4v) is 6.93. The predicted molar refractivity (Wildman–Crippen MR) is 216 cm³/mol. The van der Waals surface area contributed by atoms with E-state index < -0.39 is 0 Å². The number of rotatable bonds is 6. The van der Waals surface area contributed by atoms with Gasteiger partial charge in [0.2, 0.25) is 0 Å². The Kier molecular flexibility index (Phi) is 8.16. The summed E-state index contributed by atoms with van der Waals surface area (Å²) in [6.07, 6.45) is 0. The topological polar surface area (TPSA) is 3.24 Å². The Morgan fingerprint density at radius 2 is 0.851 bits per heavy atom. The SMILES string of the molecule is Bc1c(B)c(B)c(N(c2ccc(-c3ccccc3)cc2)c2ccc(-c3cccc4cccc(-c5ccccc5F)c34)cc2)c(B)c1B. The van der Waals surface area contributed by atoms with Gasteiger partial charge in [-0.25, -0.2) is 4.39 Å². The minimum atomic E-state index is -0.214. The molecule has 7 heteroatoms. The van der Waals surface area contributed by atoms with Crippen molar-refractivity contribution in [1.82, 2.24) is 0 Å². The van der Waals surface area contributed by atoms with Crippen LogP contribution in [-0.2, 0) is 0 Å². The highest BCUT2D eigenvalue weighted by Crippen LogP contribution is 2.39. The highest BCUT2D eigenvalue weighted by molar-refractivity contribution is 6.69. The van der Waals surface area contributed by atoms with Crippen molar-refractivity contribution in [3.05, 3.63) is 145 Å². The summed E-state index contributed by atoms with van der Waals surface area (Å²) in [5, 5.41) is 2.14. The number of hydrogen-bond acceptors (Lipinski definition) is 1. The molecule has 0 aliphatic heterocycles. The van der Waals surface area contributed by atoms with Gasteiger partial charge in [0.1, 0.15) is 45.0 Å². The smallest absolute Gasteiger partial charge is 0.141 e. The third kappa shape index (κ3) is 5.50. The fourth-order valence-electron chi connectivity index (χ4n) is 6.93. The first-order valence-electron chi connectivity index (χ1n) is 16.2. The summed E-state index contributed by atoms with van der Waals surface area (Å²) >= 11 is 0. The van der Waals surface area contributed by atoms with Gasteiger partial charge in [-0.3, -0.25) is 0 Å². The molecular formula is C40H33B5FN. The molecule has 0 unspecified atom stereocenters. The van der Waals surface area contributed by atoms with Gasteiger partial charge >= 0.3 is 0 Å². The van der Waals surface area contributed by atoms with Crippen LogP contribution >= 0.6 is 0 Å². The molecule has 1 nitrogen and oxygen atoms in total. The molecule has 220 valence electrons. The van der Waals surface area contributed by atoms with Gasteiger partial charge in [-0.15, -0.1) is 5.46 Å². The Hall–Kier alpha value is -5.15. The zero-order valence-corrected chi connectivity index (χ0v) is 27.6. The van der Waals surface area contributed by atoms with Crippen molar-refractivity contribution in [2.75, 3.05) is 4.90 Å². The maximum absolute atomic E-state index is 15.1. The van der Waals surface area contributed by atoms with Crippen LogP contribution in [0.5, 0.6) is 0 Å². The molecule has 47 heavy (non-hydrogen) atoms. The predicted octanol–water partition coefficient (Wildman–Crippen LogP) is 2.74. The molecule has 0 N–H and O–H groups in total. The Balaban J connectivity index is 1.38. The highest BCUT2D eigenvalue weighted by atomic mass is 19.1. The van der Waals surface area contributed by atoms with Crippen LogP contribution in [0.3, 0.4) is 0 Å². The molecule has 0 aromatic heterocycles. The lowest BCUT2D eigenvalue weighted by molar-refractivity contribution is 0.631. The van der Waals surface area contributed by atoms with Crippen LogP contribution in [0, 0.1) is 5.82 Å². The summed E-state index contributed by atoms with van der Waals surface area (Å²) in [4.78, 5) is 2.40. The molecule has 0 radical (unpaired) electrons. The molecule has 0 saturated carbocycles. The lowest BCUT2D eigenvalue weighted by Crippen LogP contribution is -2.56. The second-order valence-corrected chi connectivity index (χ2v) is 12.5. The molecule has 0 aliphatic carbocycles. The lowest BCUT2D eigenvalue weighted by Gasteiger charge is -2.32. The molecule has 0 bridgehead atoms. The van der Waals surface area contributed by atoms with Gasteiger partial charge in [-0.2, -0.15) is 0 Å². The van der Waals surface area contributed by atoms with Crippen LogP contribution in [0.15, 0.2) is 140 Å². The van der Waals surface area contributed by atoms with Crippen molar-refractivity contribution in [3.63, 3.8) is 0 Å². The van der Waals surface area contributed by atoms with Crippen molar-refractivity contribution >= 4 is 94.4 Å². The molecule has 7 aromatic rings. The summed E-state index contributed by atoms with van der Waals surface area (Å²) in [5.41, 5.74) is 16.1. The Bertz CT molecular complexity index is 2220. The van der Waals surface area contributed by atoms with Crippen molar-refractivity contribution < 1.29 is 4.39 Å². The molecule has 0 amide bonds. The molecule has 0 heterocycles. The second-order valence-electron chi connectivity index (χ2n) is 12.5. The van der Waals surface area contributed by atoms with Crippen LogP contribution in [0.2, 0.25) is 0 Å². The minimum absolute atomic E-state index is 0.214. The first-order valence-corrected chi connectivity index (χ1v) is 16.2. The van der Waals surface area contributed by atoms with Gasteiger partial charge < -0.3 is 4.90 Å². The van der Waals surface area contributed by atoms with E-state index in [-0.39, 0.29) is 5.82 Å². The zero-order valence-electron chi connectivity index (χ0n) is 27.6. The van der Waals surface area contributed by atoms with E-state index >= 15 is 4.39 Å². The molecule has 7 aromatic carbocycles. The molecule has 0 aliphatic rings. The first-order chi connectivity index (χ1) is 22.8. The number of anilines is 3. The second kappa shape index (κ2) is 12.6. The van der Waals surface area contributed by atoms with E-state index in [2.05, 4.69) is 147 Å². The fraction of sp³-hybridized carbons (Fsp3) is 0. The first kappa shape index (κ1) is 30.5. The highest BCUT2D eigenvalue weighted by Gasteiger charge is 2.21. The summed E-state index contributed by atoms with van der Waals surface area (Å²) in [5.74, 6) is -0.214. The number of halogens is 1. The van der Waals surface area contributed by atoms with Crippen molar-refractivity contribution in [2.45, 2.75) is 0 Å². The van der Waals surface area contributed by atoms with E-state index in [9.17, 15) is 0 Å². The van der Waals surface area contributed by atoms with E-state index in [4.69, 9.17) is 0 Å². The van der Waals surface area contributed by atoms with Crippen LogP contribution < -0.4 is 32.2 Å². The van der Waals surface area contributed by atoms with Crippen molar-refractivity contribution in [1.29, 1.82) is 0 Å². The molecule has 0 saturated heterocycles. The summed E-state index contributed by atoms with van der Waals surface area (Å²) in [7, 11) is 11.2. The number of benzene rings is 7. The van der Waals surface area contributed by atoms with Gasteiger partial charge in [-0.1, -0.05) is 131 Å². The summed E-state index contributed by atoms with van der Waals surface area (Å²) < 4.78 is 15.1. The number of nitrogens with zero attached hydrogens (tertiary/aromatic N) is 1. The molecule has 0 atom stereocenters. The Morgan fingerprint density at radius 1 is 0.383 bits per heavy atom. The minimum Gasteiger partial charge on any atom is -0.312 e. The molecule has 0 fully saturated rings. The van der Waals surface area contributed by atoms with E-state index in [1.54, 1.807) is 6.07 Å². The Labute approximate surface area is 281 Å². The maximum Gasteiger partial charge on any atom is 0.141 e. The van der Waals surface area contributed by atoms with Gasteiger partial charge in [0.05, 0.1) is 0 Å². The van der Waals surface area contributed by atoms with Crippen LogP contribution in [0.25, 0.3) is 44.2 Å². The maximum atomic E-state index is 15.1. The molecular weight excluding hydrogens is 568 g/mol. The van der Waals surface area contributed by atoms with Crippen LogP contribution in [0.1, 0.15) is 0 Å². The standard InChI is InChI=1S/C40H33B5FN/c41-35-36(42)38(44)40(39(45)37(35)43)47(28-20-16-25(17-21-28)24-8-2-1-3-9-24)29-22-18-26(19-23-29)30-13-6-10-27-11-7-14-32(34(27)30)31-12-4-5-15-33(31)46/h1-23H,41-45H2.